The average molecular weight is 450 g/mol. The van der Waals surface area contributed by atoms with Crippen LogP contribution in [0.2, 0.25) is 0 Å². The molecule has 0 atom stereocenters. The van der Waals surface area contributed by atoms with Gasteiger partial charge >= 0.3 is 18.5 Å². The zero-order valence-electron chi connectivity index (χ0n) is 19.2. The third-order valence-corrected chi connectivity index (χ3v) is 4.04. The van der Waals surface area contributed by atoms with E-state index in [-0.39, 0.29) is 19.8 Å². The first-order valence-electron chi connectivity index (χ1n) is 11.1. The SMILES string of the molecule is CCCCOC(=O)OCCN(CCOC(=O)OCCCC)CCOC(=O)OCCCC. The Balaban J connectivity index is 4.26. The van der Waals surface area contributed by atoms with Crippen LogP contribution in [0.3, 0.4) is 0 Å². The van der Waals surface area contributed by atoms with Crippen molar-refractivity contribution in [3.8, 4) is 0 Å². The zero-order chi connectivity index (χ0) is 23.2. The van der Waals surface area contributed by atoms with Gasteiger partial charge in [0.25, 0.3) is 0 Å². The Morgan fingerprint density at radius 1 is 0.484 bits per heavy atom. The lowest BCUT2D eigenvalue weighted by Crippen LogP contribution is -2.35. The van der Waals surface area contributed by atoms with Crippen LogP contribution >= 0.6 is 0 Å². The summed E-state index contributed by atoms with van der Waals surface area (Å²) in [6, 6.07) is 0. The molecule has 0 radical (unpaired) electrons. The third kappa shape index (κ3) is 19.5. The molecule has 10 nitrogen and oxygen atoms in total. The molecule has 31 heavy (non-hydrogen) atoms. The van der Waals surface area contributed by atoms with E-state index in [1.165, 1.54) is 0 Å². The van der Waals surface area contributed by atoms with Gasteiger partial charge in [-0.3, -0.25) is 4.90 Å². The molecule has 0 aliphatic rings. The zero-order valence-corrected chi connectivity index (χ0v) is 19.2. The molecule has 0 rings (SSSR count). The van der Waals surface area contributed by atoms with E-state index >= 15 is 0 Å². The maximum Gasteiger partial charge on any atom is 0.508 e. The number of carbonyl (C=O) groups excluding carboxylic acids is 3. The summed E-state index contributed by atoms with van der Waals surface area (Å²) < 4.78 is 29.9. The van der Waals surface area contributed by atoms with Crippen molar-refractivity contribution < 1.29 is 42.8 Å². The maximum absolute atomic E-state index is 11.5. The van der Waals surface area contributed by atoms with Crippen LogP contribution in [0.1, 0.15) is 59.3 Å². The van der Waals surface area contributed by atoms with Crippen molar-refractivity contribution >= 4 is 18.5 Å². The number of hydrogen-bond donors (Lipinski definition) is 0. The molecule has 0 aliphatic heterocycles. The largest absolute Gasteiger partial charge is 0.508 e. The Morgan fingerprint density at radius 3 is 1.00 bits per heavy atom. The lowest BCUT2D eigenvalue weighted by molar-refractivity contribution is 0.0270. The maximum atomic E-state index is 11.5. The predicted molar refractivity (Wildman–Crippen MR) is 113 cm³/mol. The normalized spacial score (nSPS) is 10.5. The Bertz CT molecular complexity index is 407. The quantitative estimate of drug-likeness (QED) is 0.172. The van der Waals surface area contributed by atoms with Crippen molar-refractivity contribution in [3.63, 3.8) is 0 Å². The Hall–Kier alpha value is -2.23. The second-order valence-electron chi connectivity index (χ2n) is 6.74. The molecule has 0 heterocycles. The van der Waals surface area contributed by atoms with Gasteiger partial charge in [0.15, 0.2) is 0 Å². The molecular weight excluding hydrogens is 410 g/mol. The molecule has 0 bridgehead atoms. The van der Waals surface area contributed by atoms with Gasteiger partial charge < -0.3 is 28.4 Å². The summed E-state index contributed by atoms with van der Waals surface area (Å²) >= 11 is 0. The van der Waals surface area contributed by atoms with Crippen LogP contribution < -0.4 is 0 Å². The van der Waals surface area contributed by atoms with E-state index in [0.29, 0.717) is 39.5 Å². The van der Waals surface area contributed by atoms with Gasteiger partial charge in [0.05, 0.1) is 19.8 Å². The smallest absolute Gasteiger partial charge is 0.434 e. The van der Waals surface area contributed by atoms with Gasteiger partial charge in [-0.1, -0.05) is 40.0 Å². The molecule has 0 fully saturated rings. The average Bonchev–Trinajstić information content (AvgIpc) is 2.74. The van der Waals surface area contributed by atoms with Crippen LogP contribution in [0.15, 0.2) is 0 Å². The first kappa shape index (κ1) is 28.8. The molecular formula is C21H39NO9. The summed E-state index contributed by atoms with van der Waals surface area (Å²) in [7, 11) is 0. The van der Waals surface area contributed by atoms with Crippen molar-refractivity contribution in [2.45, 2.75) is 59.3 Å². The molecule has 0 aliphatic carbocycles. The third-order valence-electron chi connectivity index (χ3n) is 4.04. The monoisotopic (exact) mass is 449 g/mol. The fourth-order valence-electron chi connectivity index (χ4n) is 2.13. The van der Waals surface area contributed by atoms with Gasteiger partial charge in [-0.05, 0) is 19.3 Å². The van der Waals surface area contributed by atoms with Gasteiger partial charge in [0.1, 0.15) is 19.8 Å². The van der Waals surface area contributed by atoms with E-state index in [2.05, 4.69) is 0 Å². The van der Waals surface area contributed by atoms with Gasteiger partial charge in [0.2, 0.25) is 0 Å². The topological polar surface area (TPSA) is 110 Å². The number of rotatable bonds is 18. The molecule has 0 aromatic carbocycles. The van der Waals surface area contributed by atoms with Crippen LogP contribution in [0.25, 0.3) is 0 Å². The predicted octanol–water partition coefficient (Wildman–Crippen LogP) is 4.15. The van der Waals surface area contributed by atoms with Crippen molar-refractivity contribution in [2.75, 3.05) is 59.3 Å². The summed E-state index contributed by atoms with van der Waals surface area (Å²) in [5, 5.41) is 0. The van der Waals surface area contributed by atoms with Crippen molar-refractivity contribution in [1.82, 2.24) is 4.90 Å². The van der Waals surface area contributed by atoms with Crippen LogP contribution in [0.4, 0.5) is 14.4 Å². The minimum absolute atomic E-state index is 0.0901. The molecule has 0 unspecified atom stereocenters. The minimum Gasteiger partial charge on any atom is -0.434 e. The highest BCUT2D eigenvalue weighted by molar-refractivity contribution is 5.60. The lowest BCUT2D eigenvalue weighted by atomic mass is 10.4. The van der Waals surface area contributed by atoms with Crippen LogP contribution in [-0.2, 0) is 28.4 Å². The Labute approximate surface area is 185 Å². The molecule has 182 valence electrons. The second kappa shape index (κ2) is 21.0. The lowest BCUT2D eigenvalue weighted by Gasteiger charge is -2.21. The van der Waals surface area contributed by atoms with Crippen molar-refractivity contribution in [1.29, 1.82) is 0 Å². The highest BCUT2D eigenvalue weighted by Crippen LogP contribution is 1.98. The fraction of sp³-hybridized carbons (Fsp3) is 0.857. The number of unbranched alkanes of at least 4 members (excludes halogenated alkanes) is 3. The van der Waals surface area contributed by atoms with E-state index in [0.717, 1.165) is 38.5 Å². The molecule has 0 saturated carbocycles. The number of ether oxygens (including phenoxy) is 6. The van der Waals surface area contributed by atoms with E-state index < -0.39 is 18.5 Å². The van der Waals surface area contributed by atoms with Crippen LogP contribution in [0.5, 0.6) is 0 Å². The molecule has 0 aromatic rings. The summed E-state index contributed by atoms with van der Waals surface area (Å²) in [4.78, 5) is 36.4. The van der Waals surface area contributed by atoms with Crippen LogP contribution in [0, 0.1) is 0 Å². The minimum atomic E-state index is -0.722. The molecule has 0 amide bonds. The summed E-state index contributed by atoms with van der Waals surface area (Å²) in [6.07, 6.45) is 2.92. The summed E-state index contributed by atoms with van der Waals surface area (Å²) in [5.41, 5.74) is 0. The first-order valence-corrected chi connectivity index (χ1v) is 11.1. The first-order chi connectivity index (χ1) is 15.0. The van der Waals surface area contributed by atoms with E-state index in [9.17, 15) is 14.4 Å². The summed E-state index contributed by atoms with van der Waals surface area (Å²) in [6.45, 7) is 8.28. The van der Waals surface area contributed by atoms with Gasteiger partial charge in [-0.15, -0.1) is 0 Å². The fourth-order valence-corrected chi connectivity index (χ4v) is 2.13. The van der Waals surface area contributed by atoms with E-state index in [4.69, 9.17) is 28.4 Å². The number of carbonyl (C=O) groups is 3. The van der Waals surface area contributed by atoms with Gasteiger partial charge in [-0.25, -0.2) is 14.4 Å². The summed E-state index contributed by atoms with van der Waals surface area (Å²) in [5.74, 6) is 0. The van der Waals surface area contributed by atoms with Gasteiger partial charge in [-0.2, -0.15) is 0 Å². The van der Waals surface area contributed by atoms with Crippen LogP contribution in [-0.4, -0.2) is 82.6 Å². The molecule has 0 aromatic heterocycles. The number of hydrogen-bond acceptors (Lipinski definition) is 10. The van der Waals surface area contributed by atoms with Crippen molar-refractivity contribution in [3.05, 3.63) is 0 Å². The Morgan fingerprint density at radius 2 is 0.742 bits per heavy atom. The molecule has 0 saturated heterocycles. The van der Waals surface area contributed by atoms with E-state index in [1.807, 2.05) is 25.7 Å². The van der Waals surface area contributed by atoms with Crippen molar-refractivity contribution in [2.24, 2.45) is 0 Å². The van der Waals surface area contributed by atoms with E-state index in [1.54, 1.807) is 0 Å². The number of nitrogens with zero attached hydrogens (tertiary/aromatic N) is 1. The Kier molecular flexibility index (Phi) is 19.5. The van der Waals surface area contributed by atoms with Gasteiger partial charge in [0, 0.05) is 19.6 Å². The molecule has 10 heteroatoms. The molecule has 0 spiro atoms. The molecule has 0 N–H and O–H groups in total. The highest BCUT2D eigenvalue weighted by atomic mass is 16.7. The standard InChI is InChI=1S/C21H39NO9/c1-4-7-13-26-19(23)29-16-10-22(11-17-30-20(24)27-14-8-5-2)12-18-31-21(25)28-15-9-6-3/h4-18H2,1-3H3. The second-order valence-corrected chi connectivity index (χ2v) is 6.74. The highest BCUT2D eigenvalue weighted by Gasteiger charge is 2.12.